The molecule has 1 saturated heterocycles. The quantitative estimate of drug-likeness (QED) is 0.806. The Bertz CT molecular complexity index is 559. The van der Waals surface area contributed by atoms with Gasteiger partial charge in [0.05, 0.1) is 25.6 Å². The second-order valence-corrected chi connectivity index (χ2v) is 5.32. The number of rotatable bonds is 4. The lowest BCUT2D eigenvalue weighted by Crippen LogP contribution is -2.45. The molecule has 8 nitrogen and oxygen atoms in total. The van der Waals surface area contributed by atoms with Crippen molar-refractivity contribution in [3.8, 4) is 0 Å². The van der Waals surface area contributed by atoms with Crippen LogP contribution in [0.5, 0.6) is 0 Å². The van der Waals surface area contributed by atoms with Gasteiger partial charge in [0.25, 0.3) is 0 Å². The Morgan fingerprint density at radius 3 is 1.46 bits per heavy atom. The molecule has 2 aromatic heterocycles. The zero-order valence-electron chi connectivity index (χ0n) is 13.1. The molecule has 3 rings (SSSR count). The Morgan fingerprint density at radius 2 is 1.21 bits per heavy atom. The second-order valence-electron chi connectivity index (χ2n) is 5.32. The lowest BCUT2D eigenvalue weighted by molar-refractivity contribution is -0.159. The number of aliphatic carboxylic acids is 2. The van der Waals surface area contributed by atoms with Gasteiger partial charge in [0.2, 0.25) is 0 Å². The summed E-state index contributed by atoms with van der Waals surface area (Å²) in [5.41, 5.74) is 0. The number of piperazine rings is 1. The first-order valence-corrected chi connectivity index (χ1v) is 7.50. The van der Waals surface area contributed by atoms with Gasteiger partial charge < -0.3 is 19.0 Å². The molecular weight excluding hydrogens is 316 g/mol. The summed E-state index contributed by atoms with van der Waals surface area (Å²) in [7, 11) is 0. The smallest absolute Gasteiger partial charge is 0.414 e. The molecule has 2 N–H and O–H groups in total. The van der Waals surface area contributed by atoms with Crippen LogP contribution in [-0.4, -0.2) is 58.1 Å². The standard InChI is InChI=1S/C14H18N2O2.C2H2O4/c1-3-13(17-9-1)11-15-5-7-16(8-6-15)12-14-4-2-10-18-14;3-1(4)2(5)6/h1-4,9-10H,5-8,11-12H2;(H,3,4)(H,5,6). The van der Waals surface area contributed by atoms with Gasteiger partial charge in [-0.2, -0.15) is 0 Å². The monoisotopic (exact) mass is 336 g/mol. The largest absolute Gasteiger partial charge is 0.473 e. The normalized spacial score (nSPS) is 15.5. The van der Waals surface area contributed by atoms with Crippen molar-refractivity contribution in [3.63, 3.8) is 0 Å². The average molecular weight is 336 g/mol. The van der Waals surface area contributed by atoms with Crippen molar-refractivity contribution in [2.75, 3.05) is 26.2 Å². The zero-order valence-corrected chi connectivity index (χ0v) is 13.1. The number of carboxylic acids is 2. The Hall–Kier alpha value is -2.58. The van der Waals surface area contributed by atoms with E-state index in [2.05, 4.69) is 9.80 Å². The molecule has 0 saturated carbocycles. The first-order chi connectivity index (χ1) is 11.5. The SMILES string of the molecule is O=C(O)C(=O)O.c1coc(CN2CCN(Cc3ccco3)CC2)c1. The highest BCUT2D eigenvalue weighted by molar-refractivity contribution is 6.27. The van der Waals surface area contributed by atoms with E-state index < -0.39 is 11.9 Å². The maximum Gasteiger partial charge on any atom is 0.414 e. The molecule has 0 aromatic carbocycles. The van der Waals surface area contributed by atoms with Crippen molar-refractivity contribution in [3.05, 3.63) is 48.3 Å². The molecule has 1 aliphatic heterocycles. The van der Waals surface area contributed by atoms with Crippen LogP contribution < -0.4 is 0 Å². The Morgan fingerprint density at radius 1 is 0.833 bits per heavy atom. The van der Waals surface area contributed by atoms with E-state index in [1.54, 1.807) is 12.5 Å². The maximum atomic E-state index is 9.10. The highest BCUT2D eigenvalue weighted by atomic mass is 16.4. The van der Waals surface area contributed by atoms with Gasteiger partial charge in [-0.15, -0.1) is 0 Å². The fourth-order valence-electron chi connectivity index (χ4n) is 2.35. The number of carbonyl (C=O) groups is 2. The fraction of sp³-hybridized carbons (Fsp3) is 0.375. The van der Waals surface area contributed by atoms with E-state index in [9.17, 15) is 0 Å². The highest BCUT2D eigenvalue weighted by Crippen LogP contribution is 2.11. The van der Waals surface area contributed by atoms with E-state index in [1.807, 2.05) is 24.3 Å². The van der Waals surface area contributed by atoms with Gasteiger partial charge in [-0.3, -0.25) is 9.80 Å². The summed E-state index contributed by atoms with van der Waals surface area (Å²) in [4.78, 5) is 23.1. The van der Waals surface area contributed by atoms with Gasteiger partial charge in [-0.25, -0.2) is 9.59 Å². The Kier molecular flexibility index (Phi) is 6.59. The van der Waals surface area contributed by atoms with Crippen LogP contribution in [-0.2, 0) is 22.7 Å². The summed E-state index contributed by atoms with van der Waals surface area (Å²) < 4.78 is 10.8. The van der Waals surface area contributed by atoms with Gasteiger partial charge in [-0.05, 0) is 24.3 Å². The first kappa shape index (κ1) is 17.8. The molecular formula is C16H20N2O6. The highest BCUT2D eigenvalue weighted by Gasteiger charge is 2.18. The van der Waals surface area contributed by atoms with Crippen LogP contribution in [0.1, 0.15) is 11.5 Å². The number of nitrogens with zero attached hydrogens (tertiary/aromatic N) is 2. The molecule has 3 heterocycles. The molecule has 0 amide bonds. The van der Waals surface area contributed by atoms with Crippen molar-refractivity contribution in [2.24, 2.45) is 0 Å². The summed E-state index contributed by atoms with van der Waals surface area (Å²) in [5.74, 6) is -1.55. The summed E-state index contributed by atoms with van der Waals surface area (Å²) in [5, 5.41) is 14.8. The van der Waals surface area contributed by atoms with Crippen molar-refractivity contribution < 1.29 is 28.6 Å². The summed E-state index contributed by atoms with van der Waals surface area (Å²) >= 11 is 0. The van der Waals surface area contributed by atoms with Gasteiger partial charge in [0.15, 0.2) is 0 Å². The first-order valence-electron chi connectivity index (χ1n) is 7.50. The Labute approximate surface area is 138 Å². The van der Waals surface area contributed by atoms with E-state index in [-0.39, 0.29) is 0 Å². The van der Waals surface area contributed by atoms with E-state index >= 15 is 0 Å². The number of furan rings is 2. The van der Waals surface area contributed by atoms with Gasteiger partial charge in [0.1, 0.15) is 11.5 Å². The molecule has 2 aromatic rings. The topological polar surface area (TPSA) is 107 Å². The molecule has 8 heteroatoms. The van der Waals surface area contributed by atoms with Crippen molar-refractivity contribution >= 4 is 11.9 Å². The molecule has 0 aliphatic carbocycles. The predicted octanol–water partition coefficient (Wildman–Crippen LogP) is 1.35. The Balaban J connectivity index is 0.000000301. The minimum absolute atomic E-state index is 0.918. The number of hydrogen-bond donors (Lipinski definition) is 2. The number of carboxylic acid groups (broad SMARTS) is 2. The van der Waals surface area contributed by atoms with Crippen LogP contribution in [0.4, 0.5) is 0 Å². The van der Waals surface area contributed by atoms with Crippen molar-refractivity contribution in [1.82, 2.24) is 9.80 Å². The van der Waals surface area contributed by atoms with E-state index in [4.69, 9.17) is 28.6 Å². The van der Waals surface area contributed by atoms with Crippen LogP contribution in [0.15, 0.2) is 45.6 Å². The van der Waals surface area contributed by atoms with Crippen LogP contribution in [0.25, 0.3) is 0 Å². The molecule has 1 fully saturated rings. The molecule has 0 radical (unpaired) electrons. The third-order valence-electron chi connectivity index (χ3n) is 3.57. The molecule has 0 unspecified atom stereocenters. The van der Waals surface area contributed by atoms with Crippen LogP contribution in [0, 0.1) is 0 Å². The molecule has 0 atom stereocenters. The van der Waals surface area contributed by atoms with Gasteiger partial charge >= 0.3 is 11.9 Å². The molecule has 24 heavy (non-hydrogen) atoms. The lowest BCUT2D eigenvalue weighted by atomic mass is 10.3. The number of hydrogen-bond acceptors (Lipinski definition) is 6. The van der Waals surface area contributed by atoms with Gasteiger partial charge in [0, 0.05) is 26.2 Å². The van der Waals surface area contributed by atoms with E-state index in [0.29, 0.717) is 0 Å². The van der Waals surface area contributed by atoms with E-state index in [0.717, 1.165) is 50.8 Å². The summed E-state index contributed by atoms with van der Waals surface area (Å²) in [6.45, 7) is 6.18. The summed E-state index contributed by atoms with van der Waals surface area (Å²) in [6, 6.07) is 7.97. The molecule has 0 bridgehead atoms. The third kappa shape index (κ3) is 5.90. The maximum absolute atomic E-state index is 9.10. The predicted molar refractivity (Wildman–Crippen MR) is 83.2 cm³/mol. The van der Waals surface area contributed by atoms with Crippen molar-refractivity contribution in [2.45, 2.75) is 13.1 Å². The zero-order chi connectivity index (χ0) is 17.4. The second kappa shape index (κ2) is 8.90. The van der Waals surface area contributed by atoms with Crippen LogP contribution in [0.3, 0.4) is 0 Å². The van der Waals surface area contributed by atoms with Crippen LogP contribution in [0.2, 0.25) is 0 Å². The molecule has 0 spiro atoms. The third-order valence-corrected chi connectivity index (χ3v) is 3.57. The van der Waals surface area contributed by atoms with Crippen molar-refractivity contribution in [1.29, 1.82) is 0 Å². The minimum Gasteiger partial charge on any atom is -0.473 e. The minimum atomic E-state index is -1.82. The van der Waals surface area contributed by atoms with E-state index in [1.165, 1.54) is 0 Å². The lowest BCUT2D eigenvalue weighted by Gasteiger charge is -2.33. The molecule has 1 aliphatic rings. The average Bonchev–Trinajstić information content (AvgIpc) is 3.23. The fourth-order valence-corrected chi connectivity index (χ4v) is 2.35. The van der Waals surface area contributed by atoms with Gasteiger partial charge in [-0.1, -0.05) is 0 Å². The molecule has 130 valence electrons. The van der Waals surface area contributed by atoms with Crippen LogP contribution >= 0.6 is 0 Å². The summed E-state index contributed by atoms with van der Waals surface area (Å²) in [6.07, 6.45) is 3.48.